The third-order valence-corrected chi connectivity index (χ3v) is 15.2. The minimum absolute atomic E-state index is 0.155. The van der Waals surface area contributed by atoms with E-state index in [1.807, 2.05) is 0 Å². The summed E-state index contributed by atoms with van der Waals surface area (Å²) in [5.41, 5.74) is 0. The molecule has 0 radical (unpaired) electrons. The normalized spacial score (nSPS) is 13.6. The maximum Gasteiger partial charge on any atom is 0.472 e. The summed E-state index contributed by atoms with van der Waals surface area (Å²) in [7, 11) is -4.75. The van der Waals surface area contributed by atoms with Crippen LogP contribution in [0.3, 0.4) is 0 Å². The Kier molecular flexibility index (Phi) is 58.5. The predicted molar refractivity (Wildman–Crippen MR) is 325 cm³/mol. The lowest BCUT2D eigenvalue weighted by atomic mass is 10.0. The number of hydrogen-bond acceptors (Lipinski definition) is 10. The van der Waals surface area contributed by atoms with Gasteiger partial charge >= 0.3 is 25.7 Å². The first kappa shape index (κ1) is 75.4. The van der Waals surface area contributed by atoms with Gasteiger partial charge < -0.3 is 24.2 Å². The topological polar surface area (TPSA) is 155 Å². The van der Waals surface area contributed by atoms with Crippen molar-refractivity contribution < 1.29 is 52.2 Å². The molecular formula is C66H121O11P. The number of ether oxygens (including phenoxy) is 3. The zero-order valence-electron chi connectivity index (χ0n) is 50.6. The number of carbonyl (C=O) groups is 3. The van der Waals surface area contributed by atoms with Crippen LogP contribution in [-0.2, 0) is 42.2 Å². The van der Waals surface area contributed by atoms with Crippen molar-refractivity contribution in [1.82, 2.24) is 0 Å². The van der Waals surface area contributed by atoms with Crippen LogP contribution in [0, 0.1) is 0 Å². The van der Waals surface area contributed by atoms with Gasteiger partial charge in [-0.2, -0.15) is 0 Å². The van der Waals surface area contributed by atoms with Crippen LogP contribution in [0.2, 0.25) is 0 Å². The van der Waals surface area contributed by atoms with Gasteiger partial charge in [-0.3, -0.25) is 23.4 Å². The summed E-state index contributed by atoms with van der Waals surface area (Å²) in [6, 6.07) is 0. The van der Waals surface area contributed by atoms with Crippen LogP contribution in [-0.4, -0.2) is 66.5 Å². The maximum absolute atomic E-state index is 13.0. The fourth-order valence-electron chi connectivity index (χ4n) is 9.24. The molecule has 0 aromatic heterocycles. The van der Waals surface area contributed by atoms with Crippen molar-refractivity contribution in [1.29, 1.82) is 0 Å². The Balaban J connectivity index is 4.70. The minimum atomic E-state index is -4.75. The van der Waals surface area contributed by atoms with Crippen molar-refractivity contribution in [3.05, 3.63) is 48.6 Å². The molecule has 0 heterocycles. The van der Waals surface area contributed by atoms with Gasteiger partial charge in [-0.25, -0.2) is 4.57 Å². The van der Waals surface area contributed by atoms with Gasteiger partial charge in [0.2, 0.25) is 0 Å². The highest BCUT2D eigenvalue weighted by molar-refractivity contribution is 7.47. The van der Waals surface area contributed by atoms with Crippen LogP contribution in [0.15, 0.2) is 48.6 Å². The number of allylic oxidation sites excluding steroid dienone is 8. The summed E-state index contributed by atoms with van der Waals surface area (Å²) in [5, 5.41) is 9.83. The molecule has 0 bridgehead atoms. The third kappa shape index (κ3) is 58.1. The van der Waals surface area contributed by atoms with Crippen LogP contribution in [0.1, 0.15) is 316 Å². The Bertz CT molecular complexity index is 1490. The highest BCUT2D eigenvalue weighted by atomic mass is 31.2. The minimum Gasteiger partial charge on any atom is -0.462 e. The van der Waals surface area contributed by atoms with Gasteiger partial charge in [-0.05, 0) is 83.5 Å². The molecular weight excluding hydrogens is 1000 g/mol. The van der Waals surface area contributed by atoms with E-state index in [1.54, 1.807) is 0 Å². The fourth-order valence-corrected chi connectivity index (χ4v) is 10.0. The lowest BCUT2D eigenvalue weighted by Crippen LogP contribution is -2.30. The number of aliphatic hydroxyl groups is 1. The number of hydrogen-bond donors (Lipinski definition) is 2. The van der Waals surface area contributed by atoms with E-state index in [2.05, 4.69) is 69.4 Å². The van der Waals surface area contributed by atoms with E-state index in [0.29, 0.717) is 19.3 Å². The zero-order chi connectivity index (χ0) is 56.9. The molecule has 2 N–H and O–H groups in total. The average molecular weight is 1120 g/mol. The molecule has 0 saturated carbocycles. The van der Waals surface area contributed by atoms with Crippen molar-refractivity contribution in [3.63, 3.8) is 0 Å². The van der Waals surface area contributed by atoms with Gasteiger partial charge in [0.25, 0.3) is 0 Å². The Morgan fingerprint density at radius 1 is 0.359 bits per heavy atom. The van der Waals surface area contributed by atoms with E-state index in [4.69, 9.17) is 23.3 Å². The fraction of sp³-hybridized carbons (Fsp3) is 0.833. The zero-order valence-corrected chi connectivity index (χ0v) is 51.5. The molecule has 0 aliphatic heterocycles. The largest absolute Gasteiger partial charge is 0.472 e. The molecule has 0 spiro atoms. The lowest BCUT2D eigenvalue weighted by Gasteiger charge is -2.21. The summed E-state index contributed by atoms with van der Waals surface area (Å²) in [6.07, 6.45) is 66.3. The summed E-state index contributed by atoms with van der Waals surface area (Å²) in [6.45, 7) is 4.64. The lowest BCUT2D eigenvalue weighted by molar-refractivity contribution is -0.161. The highest BCUT2D eigenvalue weighted by Gasteiger charge is 2.28. The summed E-state index contributed by atoms with van der Waals surface area (Å²) >= 11 is 0. The molecule has 0 aromatic carbocycles. The van der Waals surface area contributed by atoms with Crippen molar-refractivity contribution in [2.24, 2.45) is 0 Å². The monoisotopic (exact) mass is 1120 g/mol. The molecule has 3 atom stereocenters. The summed E-state index contributed by atoms with van der Waals surface area (Å²) in [5.74, 6) is -1.47. The molecule has 12 heteroatoms. The Labute approximate surface area is 479 Å². The Hall–Kier alpha value is -2.56. The molecule has 456 valence electrons. The molecule has 0 aliphatic rings. The Morgan fingerprint density at radius 3 is 1.01 bits per heavy atom. The number of carbonyl (C=O) groups excluding carboxylic acids is 3. The second-order valence-corrected chi connectivity index (χ2v) is 23.4. The van der Waals surface area contributed by atoms with Gasteiger partial charge in [-0.1, -0.05) is 262 Å². The first-order chi connectivity index (χ1) is 38.2. The average Bonchev–Trinajstić information content (AvgIpc) is 3.43. The van der Waals surface area contributed by atoms with Gasteiger partial charge in [0.1, 0.15) is 12.7 Å². The van der Waals surface area contributed by atoms with Gasteiger partial charge in [0.05, 0.1) is 19.8 Å². The van der Waals surface area contributed by atoms with E-state index < -0.39 is 57.8 Å². The number of aliphatic hydroxyl groups excluding tert-OH is 1. The smallest absolute Gasteiger partial charge is 0.462 e. The van der Waals surface area contributed by atoms with Crippen LogP contribution in [0.25, 0.3) is 0 Å². The van der Waals surface area contributed by atoms with Crippen LogP contribution < -0.4 is 0 Å². The van der Waals surface area contributed by atoms with E-state index in [-0.39, 0.29) is 25.9 Å². The van der Waals surface area contributed by atoms with Crippen molar-refractivity contribution >= 4 is 25.7 Å². The number of phosphoric ester groups is 1. The van der Waals surface area contributed by atoms with E-state index in [0.717, 1.165) is 109 Å². The SMILES string of the molecule is CCCCC/C=C\C/C=C\C/C=C\CCCCCCCCC(=O)OC(COC(=O)CCCCCCCCCCCCCCCCCCCCC)COP(=O)(O)OCC(CO)OC(=O)CCCCCCC/C=C\CCCCCC. The van der Waals surface area contributed by atoms with Crippen molar-refractivity contribution in [2.45, 2.75) is 328 Å². The predicted octanol–water partition coefficient (Wildman–Crippen LogP) is 19.7. The molecule has 11 nitrogen and oxygen atoms in total. The van der Waals surface area contributed by atoms with Gasteiger partial charge in [0.15, 0.2) is 6.10 Å². The second-order valence-electron chi connectivity index (χ2n) is 21.9. The number of phosphoric acid groups is 1. The quantitative estimate of drug-likeness (QED) is 0.0197. The van der Waals surface area contributed by atoms with Gasteiger partial charge in [0, 0.05) is 19.3 Å². The molecule has 0 amide bonds. The molecule has 3 unspecified atom stereocenters. The van der Waals surface area contributed by atoms with Crippen molar-refractivity contribution in [2.75, 3.05) is 26.4 Å². The first-order valence-corrected chi connectivity index (χ1v) is 34.0. The van der Waals surface area contributed by atoms with Gasteiger partial charge in [-0.15, -0.1) is 0 Å². The first-order valence-electron chi connectivity index (χ1n) is 32.5. The molecule has 0 aromatic rings. The number of rotatable bonds is 61. The maximum atomic E-state index is 13.0. The van der Waals surface area contributed by atoms with E-state index in [1.165, 1.54) is 148 Å². The van der Waals surface area contributed by atoms with Crippen molar-refractivity contribution in [3.8, 4) is 0 Å². The van der Waals surface area contributed by atoms with Crippen LogP contribution in [0.4, 0.5) is 0 Å². The number of unbranched alkanes of at least 4 members (excludes halogenated alkanes) is 36. The summed E-state index contributed by atoms with van der Waals surface area (Å²) < 4.78 is 39.7. The van der Waals surface area contributed by atoms with Crippen LogP contribution in [0.5, 0.6) is 0 Å². The molecule has 0 saturated heterocycles. The molecule has 0 rings (SSSR count). The third-order valence-electron chi connectivity index (χ3n) is 14.2. The highest BCUT2D eigenvalue weighted by Crippen LogP contribution is 2.43. The molecule has 0 aliphatic carbocycles. The standard InChI is InChI=1S/C66H121O11P/c1-4-7-10-13-16-19-22-25-27-29-31-33-35-38-40-43-46-49-52-55-64(68)73-59-63(77-66(70)57-54-51-48-45-42-39-36-34-32-30-28-26-23-20-17-14-11-8-5-2)61-75-78(71,72)74-60-62(58-67)76-65(69)56-53-50-47-44-41-37-24-21-18-15-12-9-6-3/h17,20-21,24,26,28,32,34,62-63,67H,4-16,18-19,22-23,25,27,29-31,33,35-61H2,1-3H3,(H,71,72)/b20-17-,24-21-,28-26-,34-32-. The summed E-state index contributed by atoms with van der Waals surface area (Å²) in [4.78, 5) is 48.7. The van der Waals surface area contributed by atoms with Crippen LogP contribution >= 0.6 is 7.82 Å². The molecule has 0 fully saturated rings. The van der Waals surface area contributed by atoms with E-state index in [9.17, 15) is 28.9 Å². The second kappa shape index (κ2) is 60.5. The Morgan fingerprint density at radius 2 is 0.628 bits per heavy atom. The number of esters is 3. The van der Waals surface area contributed by atoms with E-state index >= 15 is 0 Å². The molecule has 78 heavy (non-hydrogen) atoms.